The molecule has 0 aromatic heterocycles. The molecule has 0 saturated carbocycles. The Morgan fingerprint density at radius 3 is 2.56 bits per heavy atom. The van der Waals surface area contributed by atoms with Crippen LogP contribution in [0.5, 0.6) is 0 Å². The molecule has 1 fully saturated rings. The number of rotatable bonds is 6. The van der Waals surface area contributed by atoms with Crippen LogP contribution in [0.2, 0.25) is 5.02 Å². The molecule has 7 heteroatoms. The van der Waals surface area contributed by atoms with Crippen LogP contribution in [0.4, 0.5) is 5.69 Å². The highest BCUT2D eigenvalue weighted by Crippen LogP contribution is 2.18. The highest BCUT2D eigenvalue weighted by molar-refractivity contribution is 6.30. The zero-order valence-electron chi connectivity index (χ0n) is 14.9. The smallest absolute Gasteiger partial charge is 0.276 e. The van der Waals surface area contributed by atoms with Gasteiger partial charge in [0.25, 0.3) is 5.69 Å². The topological polar surface area (TPSA) is 63.2 Å². The van der Waals surface area contributed by atoms with Gasteiger partial charge in [0, 0.05) is 22.9 Å². The Morgan fingerprint density at radius 1 is 1.15 bits per heavy atom. The van der Waals surface area contributed by atoms with E-state index in [0.717, 1.165) is 37.7 Å². The van der Waals surface area contributed by atoms with E-state index in [4.69, 9.17) is 11.6 Å². The minimum atomic E-state index is -0.375. The number of allylic oxidation sites excluding steroid dienone is 1. The van der Waals surface area contributed by atoms with Gasteiger partial charge in [-0.25, -0.2) is 0 Å². The first kappa shape index (κ1) is 19.1. The van der Waals surface area contributed by atoms with Crippen molar-refractivity contribution in [2.24, 2.45) is 5.10 Å². The van der Waals surface area contributed by atoms with Gasteiger partial charge < -0.3 is 4.90 Å². The molecule has 0 bridgehead atoms. The fraction of sp³-hybridized carbons (Fsp3) is 0.250. The molecule has 1 heterocycles. The van der Waals surface area contributed by atoms with Crippen LogP contribution in [0.1, 0.15) is 11.1 Å². The van der Waals surface area contributed by atoms with Crippen LogP contribution in [0.25, 0.3) is 6.08 Å². The second-order valence-electron chi connectivity index (χ2n) is 6.45. The van der Waals surface area contributed by atoms with Gasteiger partial charge in [-0.1, -0.05) is 35.9 Å². The lowest BCUT2D eigenvalue weighted by molar-refractivity contribution is -0.918. The molecule has 1 saturated heterocycles. The number of nitrogens with zero attached hydrogens (tertiary/aromatic N) is 3. The fourth-order valence-electron chi connectivity index (χ4n) is 3.07. The van der Waals surface area contributed by atoms with E-state index in [1.54, 1.807) is 36.6 Å². The first-order chi connectivity index (χ1) is 13.1. The number of hydrogen-bond acceptors (Lipinski definition) is 4. The first-order valence-electron chi connectivity index (χ1n) is 8.89. The molecule has 6 nitrogen and oxygen atoms in total. The Balaban J connectivity index is 1.48. The number of nitro groups is 1. The Labute approximate surface area is 163 Å². The van der Waals surface area contributed by atoms with Crippen LogP contribution in [0, 0.1) is 10.1 Å². The van der Waals surface area contributed by atoms with Crippen LogP contribution < -0.4 is 4.90 Å². The Morgan fingerprint density at radius 2 is 1.85 bits per heavy atom. The molecular weight excluding hydrogens is 364 g/mol. The molecule has 2 aromatic rings. The number of quaternary nitrogens is 1. The summed E-state index contributed by atoms with van der Waals surface area (Å²) in [7, 11) is 0. The summed E-state index contributed by atoms with van der Waals surface area (Å²) in [6, 6.07) is 14.7. The van der Waals surface area contributed by atoms with Crippen molar-refractivity contribution >= 4 is 29.6 Å². The van der Waals surface area contributed by atoms with Gasteiger partial charge in [0.1, 0.15) is 6.54 Å². The molecule has 0 aliphatic carbocycles. The van der Waals surface area contributed by atoms with Crippen molar-refractivity contribution in [2.75, 3.05) is 26.2 Å². The summed E-state index contributed by atoms with van der Waals surface area (Å²) in [4.78, 5) is 12.2. The van der Waals surface area contributed by atoms with Crippen molar-refractivity contribution in [3.05, 3.63) is 80.9 Å². The molecule has 1 aliphatic rings. The second-order valence-corrected chi connectivity index (χ2v) is 6.88. The zero-order valence-corrected chi connectivity index (χ0v) is 15.7. The highest BCUT2D eigenvalue weighted by Gasteiger charge is 2.18. The summed E-state index contributed by atoms with van der Waals surface area (Å²) in [5.74, 6) is 0. The quantitative estimate of drug-likeness (QED) is 0.472. The number of halogens is 1. The largest absolute Gasteiger partial charge is 0.328 e. The zero-order chi connectivity index (χ0) is 19.1. The number of para-hydroxylation sites is 1. The third-order valence-corrected chi connectivity index (χ3v) is 4.79. The summed E-state index contributed by atoms with van der Waals surface area (Å²) in [5, 5.41) is 18.3. The van der Waals surface area contributed by atoms with Gasteiger partial charge in [0.15, 0.2) is 0 Å². The normalized spacial score (nSPS) is 15.7. The highest BCUT2D eigenvalue weighted by atomic mass is 35.5. The summed E-state index contributed by atoms with van der Waals surface area (Å²) in [5.41, 5.74) is 1.96. The number of nitro benzene ring substituents is 1. The van der Waals surface area contributed by atoms with E-state index in [0.29, 0.717) is 5.56 Å². The standard InChI is InChI=1S/C20H21ClN4O2/c21-19-9-7-17(8-10-19)16-23-12-14-24(15-13-23)22-11-3-5-18-4-1-2-6-20(18)25(26)27/h1-11H,12-16H2/p+1/b5-3+,22-11-. The monoisotopic (exact) mass is 385 g/mol. The van der Waals surface area contributed by atoms with E-state index in [1.807, 2.05) is 17.1 Å². The van der Waals surface area contributed by atoms with Crippen molar-refractivity contribution in [2.45, 2.75) is 6.54 Å². The van der Waals surface area contributed by atoms with E-state index in [1.165, 1.54) is 16.5 Å². The maximum atomic E-state index is 11.0. The number of hydrazone groups is 1. The predicted octanol–water partition coefficient (Wildman–Crippen LogP) is 2.65. The van der Waals surface area contributed by atoms with E-state index < -0.39 is 0 Å². The van der Waals surface area contributed by atoms with Crippen molar-refractivity contribution in [1.29, 1.82) is 0 Å². The van der Waals surface area contributed by atoms with Crippen molar-refractivity contribution in [3.63, 3.8) is 0 Å². The van der Waals surface area contributed by atoms with Gasteiger partial charge in [0.2, 0.25) is 0 Å². The second kappa shape index (κ2) is 9.30. The van der Waals surface area contributed by atoms with Crippen LogP contribution in [0.15, 0.2) is 59.7 Å². The lowest BCUT2D eigenvalue weighted by atomic mass is 10.1. The first-order valence-corrected chi connectivity index (χ1v) is 9.26. The van der Waals surface area contributed by atoms with E-state index in [9.17, 15) is 10.1 Å². The molecule has 2 aromatic carbocycles. The van der Waals surface area contributed by atoms with Crippen molar-refractivity contribution < 1.29 is 9.82 Å². The fourth-order valence-corrected chi connectivity index (χ4v) is 3.19. The molecule has 3 rings (SSSR count). The summed E-state index contributed by atoms with van der Waals surface area (Å²) in [6.45, 7) is 4.81. The average Bonchev–Trinajstić information content (AvgIpc) is 2.68. The lowest BCUT2D eigenvalue weighted by Crippen LogP contribution is -3.13. The maximum absolute atomic E-state index is 11.0. The van der Waals surface area contributed by atoms with Crippen LogP contribution in [-0.4, -0.2) is 42.3 Å². The van der Waals surface area contributed by atoms with Gasteiger partial charge >= 0.3 is 0 Å². The Kier molecular flexibility index (Phi) is 6.57. The summed E-state index contributed by atoms with van der Waals surface area (Å²) >= 11 is 5.93. The van der Waals surface area contributed by atoms with E-state index in [-0.39, 0.29) is 10.6 Å². The minimum Gasteiger partial charge on any atom is -0.328 e. The van der Waals surface area contributed by atoms with Crippen LogP contribution in [-0.2, 0) is 6.54 Å². The number of hydrogen-bond donors (Lipinski definition) is 1. The van der Waals surface area contributed by atoms with Gasteiger partial charge in [-0.2, -0.15) is 5.10 Å². The molecule has 0 spiro atoms. The molecule has 0 amide bonds. The van der Waals surface area contributed by atoms with Crippen LogP contribution in [0.3, 0.4) is 0 Å². The number of piperazine rings is 1. The van der Waals surface area contributed by atoms with Crippen LogP contribution >= 0.6 is 11.6 Å². The number of nitrogens with one attached hydrogen (secondary N) is 1. The third-order valence-electron chi connectivity index (χ3n) is 4.54. The van der Waals surface area contributed by atoms with Gasteiger partial charge in [0.05, 0.1) is 36.7 Å². The number of benzene rings is 2. The third kappa shape index (κ3) is 5.64. The average molecular weight is 386 g/mol. The summed E-state index contributed by atoms with van der Waals surface area (Å²) < 4.78 is 0. The Bertz CT molecular complexity index is 828. The van der Waals surface area contributed by atoms with E-state index in [2.05, 4.69) is 17.2 Å². The van der Waals surface area contributed by atoms with Gasteiger partial charge in [-0.15, -0.1) is 0 Å². The van der Waals surface area contributed by atoms with Crippen molar-refractivity contribution in [3.8, 4) is 0 Å². The van der Waals surface area contributed by atoms with Crippen molar-refractivity contribution in [1.82, 2.24) is 5.01 Å². The maximum Gasteiger partial charge on any atom is 0.276 e. The molecule has 0 atom stereocenters. The van der Waals surface area contributed by atoms with Gasteiger partial charge in [-0.05, 0) is 30.4 Å². The summed E-state index contributed by atoms with van der Waals surface area (Å²) in [6.07, 6.45) is 5.15. The molecular formula is C20H22ClN4O2+. The predicted molar refractivity (Wildman–Crippen MR) is 108 cm³/mol. The molecule has 1 aliphatic heterocycles. The van der Waals surface area contributed by atoms with Gasteiger partial charge in [-0.3, -0.25) is 15.1 Å². The minimum absolute atomic E-state index is 0.0987. The lowest BCUT2D eigenvalue weighted by Gasteiger charge is -2.30. The molecule has 0 unspecified atom stereocenters. The molecule has 1 N–H and O–H groups in total. The molecule has 140 valence electrons. The molecule has 0 radical (unpaired) electrons. The van der Waals surface area contributed by atoms with E-state index >= 15 is 0 Å². The molecule has 27 heavy (non-hydrogen) atoms. The SMILES string of the molecule is O=[N+]([O-])c1ccccc1/C=C/C=N\N1CC[NH+](Cc2ccc(Cl)cc2)CC1. The Hall–Kier alpha value is -2.70.